The first kappa shape index (κ1) is 13.1. The third kappa shape index (κ3) is 2.55. The Morgan fingerprint density at radius 2 is 2.05 bits per heavy atom. The van der Waals surface area contributed by atoms with E-state index in [9.17, 15) is 0 Å². The summed E-state index contributed by atoms with van der Waals surface area (Å²) in [6.07, 6.45) is 0. The Hall–Kier alpha value is -1.85. The molecule has 20 heavy (non-hydrogen) atoms. The number of aromatic amines is 1. The SMILES string of the molecule is COCOc1ccc(-c2nc3ccccc3[nH]2)cc1Br. The van der Waals surface area contributed by atoms with Crippen molar-refractivity contribution in [3.63, 3.8) is 0 Å². The summed E-state index contributed by atoms with van der Waals surface area (Å²) in [5, 5.41) is 0. The Morgan fingerprint density at radius 3 is 2.80 bits per heavy atom. The molecule has 3 aromatic rings. The van der Waals surface area contributed by atoms with Crippen LogP contribution in [0.5, 0.6) is 5.75 Å². The molecule has 0 atom stereocenters. The van der Waals surface area contributed by atoms with Crippen molar-refractivity contribution in [2.75, 3.05) is 13.9 Å². The van der Waals surface area contributed by atoms with Gasteiger partial charge in [-0.25, -0.2) is 4.98 Å². The minimum Gasteiger partial charge on any atom is -0.466 e. The van der Waals surface area contributed by atoms with Crippen molar-refractivity contribution in [1.82, 2.24) is 9.97 Å². The fourth-order valence-corrected chi connectivity index (χ4v) is 2.47. The number of imidazole rings is 1. The van der Waals surface area contributed by atoms with Crippen LogP contribution in [0, 0.1) is 0 Å². The predicted octanol–water partition coefficient (Wildman–Crippen LogP) is 3.98. The summed E-state index contributed by atoms with van der Waals surface area (Å²) >= 11 is 3.50. The third-order valence-corrected chi connectivity index (χ3v) is 3.55. The van der Waals surface area contributed by atoms with Gasteiger partial charge in [0.2, 0.25) is 0 Å². The van der Waals surface area contributed by atoms with Gasteiger partial charge in [-0.1, -0.05) is 12.1 Å². The highest BCUT2D eigenvalue weighted by Crippen LogP contribution is 2.30. The van der Waals surface area contributed by atoms with Crippen molar-refractivity contribution in [2.24, 2.45) is 0 Å². The van der Waals surface area contributed by atoms with Crippen LogP contribution in [0.2, 0.25) is 0 Å². The molecular formula is C15H13BrN2O2. The van der Waals surface area contributed by atoms with Crippen molar-refractivity contribution in [1.29, 1.82) is 0 Å². The molecule has 5 heteroatoms. The highest BCUT2D eigenvalue weighted by atomic mass is 79.9. The van der Waals surface area contributed by atoms with E-state index in [0.717, 1.165) is 32.6 Å². The van der Waals surface area contributed by atoms with Gasteiger partial charge in [0.25, 0.3) is 0 Å². The van der Waals surface area contributed by atoms with Crippen molar-refractivity contribution in [3.8, 4) is 17.1 Å². The summed E-state index contributed by atoms with van der Waals surface area (Å²) in [4.78, 5) is 7.88. The van der Waals surface area contributed by atoms with Gasteiger partial charge in [0.15, 0.2) is 6.79 Å². The number of nitrogens with one attached hydrogen (secondary N) is 1. The van der Waals surface area contributed by atoms with Gasteiger partial charge in [-0.2, -0.15) is 0 Å². The van der Waals surface area contributed by atoms with Gasteiger partial charge < -0.3 is 14.5 Å². The Bertz CT molecular complexity index is 707. The van der Waals surface area contributed by atoms with Crippen LogP contribution >= 0.6 is 15.9 Å². The fraction of sp³-hybridized carbons (Fsp3) is 0.133. The van der Waals surface area contributed by atoms with E-state index in [2.05, 4.69) is 25.9 Å². The smallest absolute Gasteiger partial charge is 0.188 e. The fourth-order valence-electron chi connectivity index (χ4n) is 1.98. The van der Waals surface area contributed by atoms with E-state index in [-0.39, 0.29) is 6.79 Å². The highest BCUT2D eigenvalue weighted by molar-refractivity contribution is 9.10. The van der Waals surface area contributed by atoms with Crippen LogP contribution in [0.15, 0.2) is 46.9 Å². The first-order valence-electron chi connectivity index (χ1n) is 6.14. The molecule has 102 valence electrons. The van der Waals surface area contributed by atoms with Gasteiger partial charge >= 0.3 is 0 Å². The molecule has 0 aliphatic carbocycles. The van der Waals surface area contributed by atoms with Crippen LogP contribution in [0.1, 0.15) is 0 Å². The van der Waals surface area contributed by atoms with Crippen molar-refractivity contribution < 1.29 is 9.47 Å². The number of fused-ring (bicyclic) bond motifs is 1. The topological polar surface area (TPSA) is 47.1 Å². The number of para-hydroxylation sites is 2. The highest BCUT2D eigenvalue weighted by Gasteiger charge is 2.08. The minimum absolute atomic E-state index is 0.225. The number of methoxy groups -OCH3 is 1. The van der Waals surface area contributed by atoms with Gasteiger partial charge in [0.05, 0.1) is 15.5 Å². The second kappa shape index (κ2) is 5.64. The number of benzene rings is 2. The summed E-state index contributed by atoms with van der Waals surface area (Å²) in [5.41, 5.74) is 2.98. The van der Waals surface area contributed by atoms with Gasteiger partial charge in [-0.3, -0.25) is 0 Å². The molecule has 0 fully saturated rings. The molecule has 1 N–H and O–H groups in total. The molecule has 0 aliphatic heterocycles. The van der Waals surface area contributed by atoms with Crippen LogP contribution in [0.25, 0.3) is 22.4 Å². The number of H-pyrrole nitrogens is 1. The van der Waals surface area contributed by atoms with E-state index < -0.39 is 0 Å². The Morgan fingerprint density at radius 1 is 1.20 bits per heavy atom. The summed E-state index contributed by atoms with van der Waals surface area (Å²) < 4.78 is 11.2. The van der Waals surface area contributed by atoms with Crippen LogP contribution in [0.3, 0.4) is 0 Å². The second-order valence-electron chi connectivity index (χ2n) is 4.30. The molecule has 1 heterocycles. The maximum Gasteiger partial charge on any atom is 0.188 e. The van der Waals surface area contributed by atoms with Crippen LogP contribution in [0.4, 0.5) is 0 Å². The van der Waals surface area contributed by atoms with E-state index in [1.807, 2.05) is 42.5 Å². The van der Waals surface area contributed by atoms with E-state index in [1.165, 1.54) is 0 Å². The normalized spacial score (nSPS) is 10.9. The molecule has 0 aliphatic rings. The molecule has 4 nitrogen and oxygen atoms in total. The van der Waals surface area contributed by atoms with Gasteiger partial charge in [0.1, 0.15) is 11.6 Å². The predicted molar refractivity (Wildman–Crippen MR) is 81.7 cm³/mol. The van der Waals surface area contributed by atoms with Crippen molar-refractivity contribution in [2.45, 2.75) is 0 Å². The van der Waals surface area contributed by atoms with Gasteiger partial charge in [-0.05, 0) is 46.3 Å². The Balaban J connectivity index is 1.95. The summed E-state index contributed by atoms with van der Waals surface area (Å²) in [7, 11) is 1.59. The van der Waals surface area contributed by atoms with E-state index in [4.69, 9.17) is 9.47 Å². The molecule has 0 spiro atoms. The lowest BCUT2D eigenvalue weighted by molar-refractivity contribution is 0.0506. The summed E-state index contributed by atoms with van der Waals surface area (Å²) in [6.45, 7) is 0.225. The zero-order valence-corrected chi connectivity index (χ0v) is 12.5. The lowest BCUT2D eigenvalue weighted by Gasteiger charge is -2.07. The molecule has 1 aromatic heterocycles. The van der Waals surface area contributed by atoms with Crippen LogP contribution in [-0.2, 0) is 4.74 Å². The zero-order chi connectivity index (χ0) is 13.9. The summed E-state index contributed by atoms with van der Waals surface area (Å²) in [5.74, 6) is 1.58. The number of rotatable bonds is 4. The van der Waals surface area contributed by atoms with E-state index >= 15 is 0 Å². The zero-order valence-electron chi connectivity index (χ0n) is 10.9. The third-order valence-electron chi connectivity index (χ3n) is 2.93. The first-order valence-corrected chi connectivity index (χ1v) is 6.93. The molecular weight excluding hydrogens is 320 g/mol. The monoisotopic (exact) mass is 332 g/mol. The van der Waals surface area contributed by atoms with Crippen molar-refractivity contribution in [3.05, 3.63) is 46.9 Å². The number of hydrogen-bond donors (Lipinski definition) is 1. The number of nitrogens with zero attached hydrogens (tertiary/aromatic N) is 1. The first-order chi connectivity index (χ1) is 9.78. The second-order valence-corrected chi connectivity index (χ2v) is 5.15. The van der Waals surface area contributed by atoms with Gasteiger partial charge in [0, 0.05) is 12.7 Å². The van der Waals surface area contributed by atoms with Gasteiger partial charge in [-0.15, -0.1) is 0 Å². The molecule has 2 aromatic carbocycles. The van der Waals surface area contributed by atoms with Crippen LogP contribution < -0.4 is 4.74 Å². The number of ether oxygens (including phenoxy) is 2. The summed E-state index contributed by atoms with van der Waals surface area (Å²) in [6, 6.07) is 13.8. The average molecular weight is 333 g/mol. The van der Waals surface area contributed by atoms with E-state index in [0.29, 0.717) is 0 Å². The quantitative estimate of drug-likeness (QED) is 0.735. The molecule has 0 saturated carbocycles. The lowest BCUT2D eigenvalue weighted by Crippen LogP contribution is -1.99. The Kier molecular flexibility index (Phi) is 3.71. The maximum atomic E-state index is 5.44. The molecule has 3 rings (SSSR count). The van der Waals surface area contributed by atoms with Crippen molar-refractivity contribution >= 4 is 27.0 Å². The molecule has 0 unspecified atom stereocenters. The maximum absolute atomic E-state index is 5.44. The van der Waals surface area contributed by atoms with E-state index in [1.54, 1.807) is 7.11 Å². The lowest BCUT2D eigenvalue weighted by atomic mass is 10.2. The minimum atomic E-state index is 0.225. The number of halogens is 1. The van der Waals surface area contributed by atoms with Crippen LogP contribution in [-0.4, -0.2) is 23.9 Å². The average Bonchev–Trinajstić information content (AvgIpc) is 2.90. The molecule has 0 amide bonds. The Labute approximate surface area is 124 Å². The molecule has 0 radical (unpaired) electrons. The number of hydrogen-bond acceptors (Lipinski definition) is 3. The molecule has 0 bridgehead atoms. The standard InChI is InChI=1S/C15H13BrN2O2/c1-19-9-20-14-7-6-10(8-11(14)16)15-17-12-4-2-3-5-13(12)18-15/h2-8H,9H2,1H3,(H,17,18). The number of aromatic nitrogens is 2. The molecule has 0 saturated heterocycles. The largest absolute Gasteiger partial charge is 0.466 e.